The predicted molar refractivity (Wildman–Crippen MR) is 66.1 cm³/mol. The summed E-state index contributed by atoms with van der Waals surface area (Å²) in [4.78, 5) is 0. The van der Waals surface area contributed by atoms with Gasteiger partial charge in [0.1, 0.15) is 0 Å². The van der Waals surface area contributed by atoms with Crippen LogP contribution in [-0.4, -0.2) is 12.8 Å². The highest BCUT2D eigenvalue weighted by molar-refractivity contribution is 5.44. The van der Waals surface area contributed by atoms with Gasteiger partial charge in [-0.25, -0.2) is 0 Å². The van der Waals surface area contributed by atoms with Crippen LogP contribution in [0.4, 0.5) is 0 Å². The Balaban J connectivity index is 1.62. The fraction of sp³-hybridized carbons (Fsp3) is 0.500. The highest BCUT2D eigenvalue weighted by Gasteiger charge is 2.26. The molecule has 2 aliphatic rings. The molecule has 0 amide bonds. The summed E-state index contributed by atoms with van der Waals surface area (Å²) in [5, 5.41) is 12.5. The number of benzene rings is 1. The molecule has 94 valence electrons. The first kappa shape index (κ1) is 11.4. The number of nitrogens with one attached hydrogen (secondary N) is 1. The molecule has 1 heterocycles. The van der Waals surface area contributed by atoms with E-state index < -0.39 is 0 Å². The lowest BCUT2D eigenvalue weighted by Gasteiger charge is -2.15. The molecule has 0 saturated heterocycles. The van der Waals surface area contributed by atoms with Crippen LogP contribution in [0.1, 0.15) is 24.8 Å². The van der Waals surface area contributed by atoms with Gasteiger partial charge < -0.3 is 14.8 Å². The van der Waals surface area contributed by atoms with Crippen molar-refractivity contribution in [3.8, 4) is 17.6 Å². The van der Waals surface area contributed by atoms with E-state index in [-0.39, 0.29) is 5.92 Å². The van der Waals surface area contributed by atoms with Crippen LogP contribution in [0.3, 0.4) is 0 Å². The Morgan fingerprint density at radius 1 is 1.28 bits per heavy atom. The zero-order valence-electron chi connectivity index (χ0n) is 10.2. The van der Waals surface area contributed by atoms with Crippen molar-refractivity contribution in [2.45, 2.75) is 31.8 Å². The van der Waals surface area contributed by atoms with Crippen molar-refractivity contribution in [3.63, 3.8) is 0 Å². The van der Waals surface area contributed by atoms with Crippen LogP contribution in [0.15, 0.2) is 18.2 Å². The lowest BCUT2D eigenvalue weighted by atomic mass is 10.1. The molecule has 0 bridgehead atoms. The normalized spacial score (nSPS) is 25.1. The summed E-state index contributed by atoms with van der Waals surface area (Å²) < 4.78 is 10.6. The van der Waals surface area contributed by atoms with Crippen LogP contribution in [0.2, 0.25) is 0 Å². The van der Waals surface area contributed by atoms with E-state index in [9.17, 15) is 0 Å². The molecule has 1 aromatic rings. The summed E-state index contributed by atoms with van der Waals surface area (Å²) in [5.74, 6) is 1.80. The minimum Gasteiger partial charge on any atom is -0.454 e. The first-order valence-corrected chi connectivity index (χ1v) is 6.38. The van der Waals surface area contributed by atoms with Crippen molar-refractivity contribution in [1.82, 2.24) is 5.32 Å². The number of hydrogen-bond acceptors (Lipinski definition) is 4. The average molecular weight is 244 g/mol. The lowest BCUT2D eigenvalue weighted by molar-refractivity contribution is 0.174. The molecule has 1 saturated carbocycles. The minimum atomic E-state index is 0.166. The second-order valence-corrected chi connectivity index (χ2v) is 4.84. The van der Waals surface area contributed by atoms with Gasteiger partial charge in [-0.05, 0) is 30.5 Å². The Hall–Kier alpha value is -1.73. The molecule has 2 atom stereocenters. The Morgan fingerprint density at radius 2 is 2.17 bits per heavy atom. The fourth-order valence-electron chi connectivity index (χ4n) is 2.66. The van der Waals surface area contributed by atoms with Crippen LogP contribution in [0, 0.1) is 17.2 Å². The summed E-state index contributed by atoms with van der Waals surface area (Å²) in [6.45, 7) is 1.09. The van der Waals surface area contributed by atoms with Gasteiger partial charge in [0.25, 0.3) is 0 Å². The van der Waals surface area contributed by atoms with Gasteiger partial charge in [-0.15, -0.1) is 0 Å². The fourth-order valence-corrected chi connectivity index (χ4v) is 2.66. The highest BCUT2D eigenvalue weighted by Crippen LogP contribution is 2.32. The maximum absolute atomic E-state index is 9.03. The van der Waals surface area contributed by atoms with E-state index in [1.165, 1.54) is 5.56 Å². The molecule has 1 aromatic carbocycles. The Morgan fingerprint density at radius 3 is 3.06 bits per heavy atom. The summed E-state index contributed by atoms with van der Waals surface area (Å²) in [7, 11) is 0. The number of nitriles is 1. The van der Waals surface area contributed by atoms with E-state index in [1.54, 1.807) is 0 Å². The zero-order chi connectivity index (χ0) is 12.4. The first-order chi connectivity index (χ1) is 8.86. The monoisotopic (exact) mass is 244 g/mol. The van der Waals surface area contributed by atoms with Gasteiger partial charge in [0.2, 0.25) is 6.79 Å². The first-order valence-electron chi connectivity index (χ1n) is 6.38. The van der Waals surface area contributed by atoms with E-state index in [0.29, 0.717) is 12.8 Å². The topological polar surface area (TPSA) is 54.3 Å². The van der Waals surface area contributed by atoms with Crippen LogP contribution in [0.25, 0.3) is 0 Å². The van der Waals surface area contributed by atoms with Crippen molar-refractivity contribution in [1.29, 1.82) is 5.26 Å². The minimum absolute atomic E-state index is 0.166. The van der Waals surface area contributed by atoms with Gasteiger partial charge in [0.05, 0.1) is 12.0 Å². The van der Waals surface area contributed by atoms with Crippen molar-refractivity contribution < 1.29 is 9.47 Å². The van der Waals surface area contributed by atoms with Gasteiger partial charge in [0, 0.05) is 12.6 Å². The number of ether oxygens (including phenoxy) is 2. The van der Waals surface area contributed by atoms with Crippen molar-refractivity contribution in [2.75, 3.05) is 6.79 Å². The van der Waals surface area contributed by atoms with E-state index in [0.717, 1.165) is 37.3 Å². The average Bonchev–Trinajstić information content (AvgIpc) is 3.04. The van der Waals surface area contributed by atoms with Crippen LogP contribution in [0.5, 0.6) is 11.5 Å². The molecule has 1 fully saturated rings. The van der Waals surface area contributed by atoms with Crippen LogP contribution in [-0.2, 0) is 6.54 Å². The third kappa shape index (κ3) is 2.14. The SMILES string of the molecule is N#CC1CCCC1NCc1ccc2c(c1)OCO2. The number of rotatable bonds is 3. The molecule has 4 nitrogen and oxygen atoms in total. The van der Waals surface area contributed by atoms with Gasteiger partial charge >= 0.3 is 0 Å². The predicted octanol–water partition coefficient (Wildman–Crippen LogP) is 2.20. The van der Waals surface area contributed by atoms with Crippen molar-refractivity contribution in [3.05, 3.63) is 23.8 Å². The standard InChI is InChI=1S/C14H16N2O2/c15-7-11-2-1-3-12(11)16-8-10-4-5-13-14(6-10)18-9-17-13/h4-6,11-12,16H,1-3,8-9H2. The van der Waals surface area contributed by atoms with Gasteiger partial charge in [-0.1, -0.05) is 12.5 Å². The lowest BCUT2D eigenvalue weighted by Crippen LogP contribution is -2.31. The Labute approximate surface area is 107 Å². The number of nitrogens with zero attached hydrogens (tertiary/aromatic N) is 1. The Kier molecular flexibility index (Phi) is 3.07. The summed E-state index contributed by atoms with van der Waals surface area (Å²) in [6, 6.07) is 8.70. The molecule has 0 spiro atoms. The quantitative estimate of drug-likeness (QED) is 0.885. The molecule has 18 heavy (non-hydrogen) atoms. The molecular formula is C14H16N2O2. The highest BCUT2D eigenvalue weighted by atomic mass is 16.7. The molecule has 0 radical (unpaired) electrons. The number of hydrogen-bond donors (Lipinski definition) is 1. The molecule has 1 aliphatic carbocycles. The molecule has 0 aromatic heterocycles. The van der Waals surface area contributed by atoms with Crippen molar-refractivity contribution in [2.24, 2.45) is 5.92 Å². The number of fused-ring (bicyclic) bond motifs is 1. The summed E-state index contributed by atoms with van der Waals surface area (Å²) in [6.07, 6.45) is 3.27. The molecule has 1 aliphatic heterocycles. The van der Waals surface area contributed by atoms with E-state index in [2.05, 4.69) is 11.4 Å². The van der Waals surface area contributed by atoms with E-state index >= 15 is 0 Å². The maximum atomic E-state index is 9.03. The van der Waals surface area contributed by atoms with Gasteiger partial charge in [-0.3, -0.25) is 0 Å². The largest absolute Gasteiger partial charge is 0.454 e. The molecular weight excluding hydrogens is 228 g/mol. The second kappa shape index (κ2) is 4.87. The molecule has 4 heteroatoms. The molecule has 1 N–H and O–H groups in total. The smallest absolute Gasteiger partial charge is 0.231 e. The van der Waals surface area contributed by atoms with Gasteiger partial charge in [0.15, 0.2) is 11.5 Å². The zero-order valence-corrected chi connectivity index (χ0v) is 10.2. The van der Waals surface area contributed by atoms with Crippen LogP contribution < -0.4 is 14.8 Å². The van der Waals surface area contributed by atoms with E-state index in [1.807, 2.05) is 18.2 Å². The Bertz CT molecular complexity index is 481. The molecule has 3 rings (SSSR count). The van der Waals surface area contributed by atoms with Crippen LogP contribution >= 0.6 is 0 Å². The summed E-state index contributed by atoms with van der Waals surface area (Å²) >= 11 is 0. The summed E-state index contributed by atoms with van der Waals surface area (Å²) in [5.41, 5.74) is 1.17. The van der Waals surface area contributed by atoms with Crippen molar-refractivity contribution >= 4 is 0 Å². The second-order valence-electron chi connectivity index (χ2n) is 4.84. The third-order valence-corrected chi connectivity index (χ3v) is 3.69. The van der Waals surface area contributed by atoms with Gasteiger partial charge in [-0.2, -0.15) is 5.26 Å². The van der Waals surface area contributed by atoms with E-state index in [4.69, 9.17) is 14.7 Å². The third-order valence-electron chi connectivity index (χ3n) is 3.69. The maximum Gasteiger partial charge on any atom is 0.231 e. The molecule has 2 unspecified atom stereocenters.